The molecule has 10 nitrogen and oxygen atoms in total. The Bertz CT molecular complexity index is 574. The predicted molar refractivity (Wildman–Crippen MR) is 66.5 cm³/mol. The highest BCUT2D eigenvalue weighted by atomic mass is 16.6. The standard InChI is InChI=1S/C10H11N3O7/c1-10(5-14,9(15)16)11-7-3-2-6(12(17)18)4-8(7)13(19)20/h2-4,11,14H,5H2,1H3,(H,15,16)/t10-/m1/s1. The van der Waals surface area contributed by atoms with Crippen molar-refractivity contribution in [2.24, 2.45) is 0 Å². The number of rotatable bonds is 6. The van der Waals surface area contributed by atoms with Crippen molar-refractivity contribution in [2.45, 2.75) is 12.5 Å². The molecule has 108 valence electrons. The molecule has 1 aromatic carbocycles. The summed E-state index contributed by atoms with van der Waals surface area (Å²) in [5.74, 6) is -1.42. The van der Waals surface area contributed by atoms with Gasteiger partial charge in [-0.1, -0.05) is 0 Å². The molecule has 0 saturated heterocycles. The lowest BCUT2D eigenvalue weighted by molar-refractivity contribution is -0.393. The van der Waals surface area contributed by atoms with Gasteiger partial charge in [0.1, 0.15) is 5.69 Å². The van der Waals surface area contributed by atoms with Gasteiger partial charge in [-0.15, -0.1) is 0 Å². The summed E-state index contributed by atoms with van der Waals surface area (Å²) in [5.41, 5.74) is -3.23. The van der Waals surface area contributed by atoms with E-state index in [4.69, 9.17) is 10.2 Å². The number of anilines is 1. The van der Waals surface area contributed by atoms with Crippen LogP contribution in [0.4, 0.5) is 17.1 Å². The van der Waals surface area contributed by atoms with Crippen LogP contribution in [0, 0.1) is 20.2 Å². The number of hydrogen-bond donors (Lipinski definition) is 3. The minimum Gasteiger partial charge on any atom is -0.479 e. The number of hydrogen-bond acceptors (Lipinski definition) is 7. The number of aliphatic hydroxyl groups excluding tert-OH is 1. The van der Waals surface area contributed by atoms with E-state index in [0.717, 1.165) is 19.1 Å². The molecule has 0 saturated carbocycles. The number of nitro benzene ring substituents is 2. The number of nitro groups is 2. The molecule has 0 aromatic heterocycles. The largest absolute Gasteiger partial charge is 0.479 e. The lowest BCUT2D eigenvalue weighted by Gasteiger charge is -2.24. The SMILES string of the molecule is C[C@](CO)(Nc1ccc([N+](=O)[O-])cc1[N+](=O)[O-])C(=O)O. The highest BCUT2D eigenvalue weighted by Crippen LogP contribution is 2.31. The van der Waals surface area contributed by atoms with Crippen LogP contribution in [0.5, 0.6) is 0 Å². The van der Waals surface area contributed by atoms with E-state index in [2.05, 4.69) is 5.32 Å². The van der Waals surface area contributed by atoms with Crippen LogP contribution in [-0.4, -0.2) is 38.2 Å². The van der Waals surface area contributed by atoms with Gasteiger partial charge in [-0.05, 0) is 13.0 Å². The minimum absolute atomic E-state index is 0.237. The van der Waals surface area contributed by atoms with Gasteiger partial charge in [0.05, 0.1) is 22.5 Å². The summed E-state index contributed by atoms with van der Waals surface area (Å²) in [6.07, 6.45) is 0. The maximum absolute atomic E-state index is 11.0. The fraction of sp³-hybridized carbons (Fsp3) is 0.300. The summed E-state index contributed by atoms with van der Waals surface area (Å²) in [5, 5.41) is 41.8. The van der Waals surface area contributed by atoms with Crippen LogP contribution in [0.1, 0.15) is 6.92 Å². The molecule has 0 unspecified atom stereocenters. The molecule has 0 aliphatic rings. The highest BCUT2D eigenvalue weighted by molar-refractivity contribution is 5.84. The van der Waals surface area contributed by atoms with Gasteiger partial charge >= 0.3 is 5.97 Å². The van der Waals surface area contributed by atoms with Crippen molar-refractivity contribution >= 4 is 23.0 Å². The van der Waals surface area contributed by atoms with E-state index in [0.29, 0.717) is 6.07 Å². The van der Waals surface area contributed by atoms with Gasteiger partial charge in [0.2, 0.25) is 0 Å². The molecular formula is C10H11N3O7. The molecule has 20 heavy (non-hydrogen) atoms. The van der Waals surface area contributed by atoms with Crippen LogP contribution in [0.2, 0.25) is 0 Å². The van der Waals surface area contributed by atoms with E-state index < -0.39 is 39.3 Å². The minimum atomic E-state index is -1.85. The number of carbonyl (C=O) groups is 1. The Kier molecular flexibility index (Phi) is 4.20. The molecule has 0 aliphatic carbocycles. The molecule has 0 heterocycles. The monoisotopic (exact) mass is 285 g/mol. The normalized spacial score (nSPS) is 13.3. The molecule has 0 amide bonds. The molecule has 10 heteroatoms. The molecule has 0 spiro atoms. The lowest BCUT2D eigenvalue weighted by Crippen LogP contribution is -2.46. The maximum Gasteiger partial charge on any atom is 0.331 e. The fourth-order valence-corrected chi connectivity index (χ4v) is 1.35. The zero-order valence-corrected chi connectivity index (χ0v) is 10.3. The summed E-state index contributed by atoms with van der Waals surface area (Å²) in [7, 11) is 0. The number of benzene rings is 1. The molecule has 0 aliphatic heterocycles. The van der Waals surface area contributed by atoms with Crippen molar-refractivity contribution < 1.29 is 24.9 Å². The van der Waals surface area contributed by atoms with Gasteiger partial charge in [0.25, 0.3) is 11.4 Å². The number of non-ortho nitro benzene ring substituents is 1. The number of carboxylic acid groups (broad SMARTS) is 1. The second-order valence-corrected chi connectivity index (χ2v) is 4.14. The molecule has 0 fully saturated rings. The van der Waals surface area contributed by atoms with E-state index in [1.54, 1.807) is 0 Å². The molecule has 1 aromatic rings. The van der Waals surface area contributed by atoms with E-state index in [9.17, 15) is 25.0 Å². The predicted octanol–water partition coefficient (Wildman–Crippen LogP) is 0.750. The third-order valence-electron chi connectivity index (χ3n) is 2.59. The second-order valence-electron chi connectivity index (χ2n) is 4.14. The van der Waals surface area contributed by atoms with Gasteiger partial charge in [0.15, 0.2) is 5.54 Å². The molecule has 0 bridgehead atoms. The molecule has 1 atom stereocenters. The van der Waals surface area contributed by atoms with Crippen LogP contribution in [0.25, 0.3) is 0 Å². The molecule has 0 radical (unpaired) electrons. The summed E-state index contributed by atoms with van der Waals surface area (Å²) in [6, 6.07) is 2.73. The van der Waals surface area contributed by atoms with Gasteiger partial charge in [0, 0.05) is 6.07 Å². The van der Waals surface area contributed by atoms with Gasteiger partial charge in [-0.3, -0.25) is 20.2 Å². The van der Waals surface area contributed by atoms with Crippen molar-refractivity contribution in [1.29, 1.82) is 0 Å². The molecule has 3 N–H and O–H groups in total. The first kappa shape index (κ1) is 15.3. The van der Waals surface area contributed by atoms with Crippen LogP contribution >= 0.6 is 0 Å². The van der Waals surface area contributed by atoms with Crippen LogP contribution < -0.4 is 5.32 Å². The van der Waals surface area contributed by atoms with E-state index in [-0.39, 0.29) is 5.69 Å². The Labute approximate surface area is 111 Å². The van der Waals surface area contributed by atoms with Gasteiger partial charge in [-0.2, -0.15) is 0 Å². The lowest BCUT2D eigenvalue weighted by atomic mass is 10.0. The van der Waals surface area contributed by atoms with Gasteiger partial charge in [-0.25, -0.2) is 4.79 Å². The Morgan fingerprint density at radius 3 is 2.35 bits per heavy atom. The summed E-state index contributed by atoms with van der Waals surface area (Å²) >= 11 is 0. The Morgan fingerprint density at radius 1 is 1.35 bits per heavy atom. The number of aliphatic carboxylic acids is 1. The Balaban J connectivity index is 3.28. The third kappa shape index (κ3) is 2.98. The van der Waals surface area contributed by atoms with Crippen LogP contribution in [-0.2, 0) is 4.79 Å². The number of nitrogens with zero attached hydrogens (tertiary/aromatic N) is 2. The van der Waals surface area contributed by atoms with Crippen molar-refractivity contribution in [3.8, 4) is 0 Å². The van der Waals surface area contributed by atoms with Crippen LogP contribution in [0.3, 0.4) is 0 Å². The number of carboxylic acids is 1. The second kappa shape index (κ2) is 5.48. The molecule has 1 rings (SSSR count). The summed E-state index contributed by atoms with van der Waals surface area (Å²) in [6.45, 7) is 0.303. The fourth-order valence-electron chi connectivity index (χ4n) is 1.35. The third-order valence-corrected chi connectivity index (χ3v) is 2.59. The average Bonchev–Trinajstić information content (AvgIpc) is 2.38. The quantitative estimate of drug-likeness (QED) is 0.510. The first-order chi connectivity index (χ1) is 9.21. The first-order valence-corrected chi connectivity index (χ1v) is 5.26. The van der Waals surface area contributed by atoms with E-state index in [1.165, 1.54) is 0 Å². The van der Waals surface area contributed by atoms with Crippen molar-refractivity contribution in [3.63, 3.8) is 0 Å². The van der Waals surface area contributed by atoms with Crippen LogP contribution in [0.15, 0.2) is 18.2 Å². The highest BCUT2D eigenvalue weighted by Gasteiger charge is 2.34. The Morgan fingerprint density at radius 2 is 1.95 bits per heavy atom. The topological polar surface area (TPSA) is 156 Å². The van der Waals surface area contributed by atoms with E-state index in [1.807, 2.05) is 0 Å². The van der Waals surface area contributed by atoms with Crippen molar-refractivity contribution in [2.75, 3.05) is 11.9 Å². The van der Waals surface area contributed by atoms with Crippen molar-refractivity contribution in [1.82, 2.24) is 0 Å². The maximum atomic E-state index is 11.0. The zero-order valence-electron chi connectivity index (χ0n) is 10.3. The van der Waals surface area contributed by atoms with Crippen molar-refractivity contribution in [3.05, 3.63) is 38.4 Å². The number of nitrogens with one attached hydrogen (secondary N) is 1. The number of aliphatic hydroxyl groups is 1. The smallest absolute Gasteiger partial charge is 0.331 e. The zero-order chi connectivity index (χ0) is 15.5. The van der Waals surface area contributed by atoms with E-state index >= 15 is 0 Å². The summed E-state index contributed by atoms with van der Waals surface area (Å²) in [4.78, 5) is 30.8. The first-order valence-electron chi connectivity index (χ1n) is 5.26. The summed E-state index contributed by atoms with van der Waals surface area (Å²) < 4.78 is 0. The molecular weight excluding hydrogens is 274 g/mol. The Hall–Kier alpha value is -2.75. The average molecular weight is 285 g/mol. The van der Waals surface area contributed by atoms with Gasteiger partial charge < -0.3 is 15.5 Å².